The molecule has 3 aromatic rings. The second-order valence-electron chi connectivity index (χ2n) is 5.07. The van der Waals surface area contributed by atoms with Crippen LogP contribution < -0.4 is 15.4 Å². The topological polar surface area (TPSA) is 63.2 Å². The highest BCUT2D eigenvalue weighted by Gasteiger charge is 2.07. The highest BCUT2D eigenvalue weighted by molar-refractivity contribution is 7.13. The van der Waals surface area contributed by atoms with Crippen LogP contribution >= 0.6 is 11.3 Å². The van der Waals surface area contributed by atoms with E-state index < -0.39 is 0 Å². The number of carbonyl (C=O) groups excluding carboxylic acids is 1. The number of thiophene rings is 1. The van der Waals surface area contributed by atoms with Gasteiger partial charge in [-0.2, -0.15) is 0 Å². The van der Waals surface area contributed by atoms with Gasteiger partial charge >= 0.3 is 6.03 Å². The molecule has 0 saturated carbocycles. The van der Waals surface area contributed by atoms with E-state index in [0.717, 1.165) is 16.0 Å². The molecule has 0 aliphatic heterocycles. The van der Waals surface area contributed by atoms with Crippen molar-refractivity contribution in [1.82, 2.24) is 10.3 Å². The fourth-order valence-corrected chi connectivity index (χ4v) is 2.97. The van der Waals surface area contributed by atoms with E-state index in [-0.39, 0.29) is 6.03 Å². The molecule has 0 saturated heterocycles. The van der Waals surface area contributed by atoms with E-state index in [1.54, 1.807) is 36.8 Å². The summed E-state index contributed by atoms with van der Waals surface area (Å²) in [6.07, 6.45) is 3.57. The largest absolute Gasteiger partial charge is 0.495 e. The van der Waals surface area contributed by atoms with Crippen molar-refractivity contribution in [3.05, 3.63) is 65.8 Å². The van der Waals surface area contributed by atoms with Gasteiger partial charge < -0.3 is 15.4 Å². The molecule has 2 N–H and O–H groups in total. The molecule has 122 valence electrons. The number of hydrogen-bond donors (Lipinski definition) is 2. The minimum Gasteiger partial charge on any atom is -0.495 e. The second-order valence-corrected chi connectivity index (χ2v) is 6.01. The van der Waals surface area contributed by atoms with Gasteiger partial charge in [0.25, 0.3) is 0 Å². The molecule has 24 heavy (non-hydrogen) atoms. The van der Waals surface area contributed by atoms with Gasteiger partial charge in [0, 0.05) is 29.4 Å². The van der Waals surface area contributed by atoms with Crippen LogP contribution in [0.2, 0.25) is 0 Å². The molecule has 0 fully saturated rings. The number of nitrogens with one attached hydrogen (secondary N) is 2. The number of para-hydroxylation sites is 2. The first kappa shape index (κ1) is 16.0. The summed E-state index contributed by atoms with van der Waals surface area (Å²) in [6.45, 7) is 0.396. The zero-order valence-electron chi connectivity index (χ0n) is 13.2. The molecule has 2 heterocycles. The van der Waals surface area contributed by atoms with Crippen LogP contribution in [0.3, 0.4) is 0 Å². The molecule has 2 amide bonds. The van der Waals surface area contributed by atoms with Crippen LogP contribution in [-0.2, 0) is 6.54 Å². The summed E-state index contributed by atoms with van der Waals surface area (Å²) in [6, 6.07) is 13.1. The quantitative estimate of drug-likeness (QED) is 0.734. The van der Waals surface area contributed by atoms with Crippen molar-refractivity contribution in [1.29, 1.82) is 0 Å². The summed E-state index contributed by atoms with van der Waals surface area (Å²) in [5, 5.41) is 7.64. The number of rotatable bonds is 5. The number of pyridine rings is 1. The normalized spacial score (nSPS) is 10.2. The Bertz CT molecular complexity index is 819. The number of nitrogens with zero attached hydrogens (tertiary/aromatic N) is 1. The lowest BCUT2D eigenvalue weighted by atomic mass is 10.2. The molecule has 0 aliphatic rings. The first-order chi connectivity index (χ1) is 11.8. The molecule has 0 atom stereocenters. The van der Waals surface area contributed by atoms with Crippen LogP contribution in [0, 0.1) is 0 Å². The number of amides is 2. The number of hydrogen-bond acceptors (Lipinski definition) is 4. The Morgan fingerprint density at radius 1 is 1.21 bits per heavy atom. The summed E-state index contributed by atoms with van der Waals surface area (Å²) >= 11 is 1.66. The molecular formula is C18H17N3O2S. The fourth-order valence-electron chi connectivity index (χ4n) is 2.26. The molecular weight excluding hydrogens is 322 g/mol. The van der Waals surface area contributed by atoms with Crippen molar-refractivity contribution < 1.29 is 9.53 Å². The zero-order valence-corrected chi connectivity index (χ0v) is 14.0. The van der Waals surface area contributed by atoms with Gasteiger partial charge in [-0.1, -0.05) is 18.2 Å². The maximum Gasteiger partial charge on any atom is 0.319 e. The molecule has 0 bridgehead atoms. The summed E-state index contributed by atoms with van der Waals surface area (Å²) in [7, 11) is 1.57. The molecule has 0 unspecified atom stereocenters. The van der Waals surface area contributed by atoms with E-state index in [2.05, 4.69) is 15.6 Å². The lowest BCUT2D eigenvalue weighted by Crippen LogP contribution is -2.28. The van der Waals surface area contributed by atoms with Gasteiger partial charge in [-0.25, -0.2) is 4.79 Å². The van der Waals surface area contributed by atoms with E-state index in [9.17, 15) is 4.79 Å². The third-order valence-corrected chi connectivity index (χ3v) is 4.33. The highest BCUT2D eigenvalue weighted by Crippen LogP contribution is 2.24. The second kappa shape index (κ2) is 7.61. The predicted molar refractivity (Wildman–Crippen MR) is 96.4 cm³/mol. The van der Waals surface area contributed by atoms with Gasteiger partial charge in [0.2, 0.25) is 0 Å². The third kappa shape index (κ3) is 3.91. The summed E-state index contributed by atoms with van der Waals surface area (Å²) in [5.41, 5.74) is 2.62. The van der Waals surface area contributed by atoms with Crippen LogP contribution in [-0.4, -0.2) is 18.1 Å². The van der Waals surface area contributed by atoms with Gasteiger partial charge in [0.15, 0.2) is 0 Å². The summed E-state index contributed by atoms with van der Waals surface area (Å²) in [5.74, 6) is 0.619. The summed E-state index contributed by atoms with van der Waals surface area (Å²) in [4.78, 5) is 17.5. The monoisotopic (exact) mass is 339 g/mol. The molecule has 0 spiro atoms. The molecule has 1 aromatic carbocycles. The van der Waals surface area contributed by atoms with E-state index in [4.69, 9.17) is 4.74 Å². The Balaban J connectivity index is 1.61. The number of aromatic nitrogens is 1. The Kier molecular flexibility index (Phi) is 5.08. The minimum absolute atomic E-state index is 0.291. The molecule has 5 nitrogen and oxygen atoms in total. The zero-order chi connectivity index (χ0) is 16.8. The molecule has 0 aliphatic carbocycles. The average molecular weight is 339 g/mol. The van der Waals surface area contributed by atoms with Gasteiger partial charge in [0.1, 0.15) is 5.75 Å². The number of ether oxygens (including phenoxy) is 1. The number of methoxy groups -OCH3 is 1. The van der Waals surface area contributed by atoms with Crippen molar-refractivity contribution >= 4 is 23.1 Å². The predicted octanol–water partition coefficient (Wildman–Crippen LogP) is 4.14. The molecule has 3 rings (SSSR count). The Labute approximate surface area is 144 Å². The van der Waals surface area contributed by atoms with Gasteiger partial charge in [-0.15, -0.1) is 11.3 Å². The van der Waals surface area contributed by atoms with Gasteiger partial charge in [0.05, 0.1) is 12.8 Å². The van der Waals surface area contributed by atoms with E-state index in [1.807, 2.05) is 41.9 Å². The van der Waals surface area contributed by atoms with E-state index >= 15 is 0 Å². The number of anilines is 1. The third-order valence-electron chi connectivity index (χ3n) is 3.41. The average Bonchev–Trinajstić information content (AvgIpc) is 3.15. The van der Waals surface area contributed by atoms with Crippen molar-refractivity contribution in [2.45, 2.75) is 6.54 Å². The minimum atomic E-state index is -0.291. The SMILES string of the molecule is COc1ccccc1NC(=O)NCc1cncc(-c2cccs2)c1. The maximum atomic E-state index is 12.1. The first-order valence-corrected chi connectivity index (χ1v) is 8.30. The van der Waals surface area contributed by atoms with Crippen LogP contribution in [0.4, 0.5) is 10.5 Å². The first-order valence-electron chi connectivity index (χ1n) is 7.42. The molecule has 2 aromatic heterocycles. The Morgan fingerprint density at radius 2 is 2.08 bits per heavy atom. The van der Waals surface area contributed by atoms with E-state index in [0.29, 0.717) is 18.0 Å². The van der Waals surface area contributed by atoms with Crippen molar-refractivity contribution in [2.24, 2.45) is 0 Å². The van der Waals surface area contributed by atoms with Crippen molar-refractivity contribution in [3.8, 4) is 16.2 Å². The Morgan fingerprint density at radius 3 is 2.88 bits per heavy atom. The smallest absolute Gasteiger partial charge is 0.319 e. The molecule has 0 radical (unpaired) electrons. The van der Waals surface area contributed by atoms with Crippen LogP contribution in [0.15, 0.2) is 60.2 Å². The van der Waals surface area contributed by atoms with Crippen LogP contribution in [0.5, 0.6) is 5.75 Å². The fraction of sp³-hybridized carbons (Fsp3) is 0.111. The Hall–Kier alpha value is -2.86. The van der Waals surface area contributed by atoms with Gasteiger partial charge in [-0.3, -0.25) is 4.98 Å². The maximum absolute atomic E-state index is 12.1. The number of carbonyl (C=O) groups is 1. The van der Waals surface area contributed by atoms with E-state index in [1.165, 1.54) is 0 Å². The number of urea groups is 1. The standard InChI is InChI=1S/C18H17N3O2S/c1-23-16-6-3-2-5-15(16)21-18(22)20-11-13-9-14(12-19-10-13)17-7-4-8-24-17/h2-10,12H,11H2,1H3,(H2,20,21,22). The van der Waals surface area contributed by atoms with Crippen LogP contribution in [0.1, 0.15) is 5.56 Å². The van der Waals surface area contributed by atoms with Crippen molar-refractivity contribution in [3.63, 3.8) is 0 Å². The summed E-state index contributed by atoms with van der Waals surface area (Å²) < 4.78 is 5.21. The van der Waals surface area contributed by atoms with Gasteiger partial charge in [-0.05, 0) is 35.2 Å². The lowest BCUT2D eigenvalue weighted by molar-refractivity contribution is 0.251. The highest BCUT2D eigenvalue weighted by atomic mass is 32.1. The number of benzene rings is 1. The molecule has 6 heteroatoms. The van der Waals surface area contributed by atoms with Crippen molar-refractivity contribution in [2.75, 3.05) is 12.4 Å². The lowest BCUT2D eigenvalue weighted by Gasteiger charge is -2.11. The van der Waals surface area contributed by atoms with Crippen LogP contribution in [0.25, 0.3) is 10.4 Å².